The molecule has 1 aliphatic heterocycles. The summed E-state index contributed by atoms with van der Waals surface area (Å²) >= 11 is 1.49. The van der Waals surface area contributed by atoms with Crippen LogP contribution in [0.25, 0.3) is 11.1 Å². The molecule has 2 aromatic carbocycles. The quantitative estimate of drug-likeness (QED) is 0.514. The van der Waals surface area contributed by atoms with Crippen molar-refractivity contribution in [2.24, 2.45) is 5.92 Å². The summed E-state index contributed by atoms with van der Waals surface area (Å²) in [6.07, 6.45) is -0.0893. The fourth-order valence-electron chi connectivity index (χ4n) is 5.01. The number of carboxylic acid groups (broad SMARTS) is 1. The number of benzene rings is 2. The Bertz CT molecular complexity index is 1090. The molecule has 5 rings (SSSR count). The first-order chi connectivity index (χ1) is 16.9. The second kappa shape index (κ2) is 9.91. The van der Waals surface area contributed by atoms with Crippen LogP contribution in [0.2, 0.25) is 0 Å². The van der Waals surface area contributed by atoms with Crippen LogP contribution in [-0.4, -0.2) is 69.5 Å². The molecule has 3 aliphatic rings. The fraction of sp³-hybridized carbons (Fsp3) is 0.423. The number of nitrogens with zero attached hydrogens (tertiary/aromatic N) is 1. The zero-order chi connectivity index (χ0) is 24.5. The molecule has 9 heteroatoms. The lowest BCUT2D eigenvalue weighted by Gasteiger charge is -2.28. The number of amides is 2. The van der Waals surface area contributed by atoms with Gasteiger partial charge < -0.3 is 25.2 Å². The largest absolute Gasteiger partial charge is 0.480 e. The van der Waals surface area contributed by atoms with E-state index in [2.05, 4.69) is 17.4 Å². The predicted octanol–water partition coefficient (Wildman–Crippen LogP) is 3.04. The number of carbonyl (C=O) groups excluding carboxylic acids is 2. The third-order valence-electron chi connectivity index (χ3n) is 6.87. The van der Waals surface area contributed by atoms with Gasteiger partial charge in [-0.1, -0.05) is 48.5 Å². The van der Waals surface area contributed by atoms with Gasteiger partial charge in [0.05, 0.1) is 17.9 Å². The van der Waals surface area contributed by atoms with Crippen molar-refractivity contribution in [1.82, 2.24) is 10.2 Å². The number of carbonyl (C=O) groups is 3. The first-order valence-electron chi connectivity index (χ1n) is 11.9. The summed E-state index contributed by atoms with van der Waals surface area (Å²) in [5.74, 6) is -0.818. The summed E-state index contributed by atoms with van der Waals surface area (Å²) in [6, 6.07) is 15.2. The third-order valence-corrected chi connectivity index (χ3v) is 8.33. The number of carboxylic acids is 1. The van der Waals surface area contributed by atoms with Gasteiger partial charge in [0.2, 0.25) is 5.91 Å². The van der Waals surface area contributed by atoms with Gasteiger partial charge in [-0.2, -0.15) is 0 Å². The normalized spacial score (nSPS) is 21.8. The van der Waals surface area contributed by atoms with Crippen molar-refractivity contribution in [2.75, 3.05) is 18.9 Å². The number of aliphatic hydroxyl groups excluding tert-OH is 1. The average Bonchev–Trinajstić information content (AvgIpc) is 3.51. The topological polar surface area (TPSA) is 116 Å². The molecule has 2 fully saturated rings. The first-order valence-corrected chi connectivity index (χ1v) is 12.9. The molecule has 3 atom stereocenters. The van der Waals surface area contributed by atoms with Crippen molar-refractivity contribution >= 4 is 29.7 Å². The Morgan fingerprint density at radius 1 is 1.06 bits per heavy atom. The van der Waals surface area contributed by atoms with Crippen molar-refractivity contribution in [2.45, 2.75) is 42.7 Å². The Morgan fingerprint density at radius 2 is 1.69 bits per heavy atom. The summed E-state index contributed by atoms with van der Waals surface area (Å²) in [5, 5.41) is 22.2. The average molecular weight is 497 g/mol. The van der Waals surface area contributed by atoms with Crippen LogP contribution >= 0.6 is 11.8 Å². The molecule has 0 spiro atoms. The summed E-state index contributed by atoms with van der Waals surface area (Å²) in [6.45, 7) is -0.00151. The molecule has 184 valence electrons. The molecule has 8 nitrogen and oxygen atoms in total. The Labute approximate surface area is 207 Å². The number of nitrogens with one attached hydrogen (secondary N) is 1. The van der Waals surface area contributed by atoms with E-state index in [9.17, 15) is 24.6 Å². The highest BCUT2D eigenvalue weighted by atomic mass is 32.2. The highest BCUT2D eigenvalue weighted by molar-refractivity contribution is 8.00. The molecule has 2 aromatic rings. The molecule has 2 aliphatic carbocycles. The van der Waals surface area contributed by atoms with E-state index in [0.29, 0.717) is 11.7 Å². The van der Waals surface area contributed by atoms with Gasteiger partial charge in [0.1, 0.15) is 12.6 Å². The van der Waals surface area contributed by atoms with Gasteiger partial charge in [-0.05, 0) is 41.0 Å². The molecule has 2 amide bonds. The number of hydrogen-bond acceptors (Lipinski definition) is 6. The van der Waals surface area contributed by atoms with E-state index < -0.39 is 30.1 Å². The Balaban J connectivity index is 1.13. The van der Waals surface area contributed by atoms with Crippen LogP contribution in [0.5, 0.6) is 0 Å². The van der Waals surface area contributed by atoms with Crippen molar-refractivity contribution in [1.29, 1.82) is 0 Å². The van der Waals surface area contributed by atoms with E-state index in [-0.39, 0.29) is 30.9 Å². The summed E-state index contributed by atoms with van der Waals surface area (Å²) in [7, 11) is 0. The molecule has 0 radical (unpaired) electrons. The highest BCUT2D eigenvalue weighted by Gasteiger charge is 2.48. The Morgan fingerprint density at radius 3 is 2.29 bits per heavy atom. The summed E-state index contributed by atoms with van der Waals surface area (Å²) in [5.41, 5.74) is 4.48. The van der Waals surface area contributed by atoms with E-state index in [4.69, 9.17) is 4.74 Å². The number of fused-ring (bicyclic) bond motifs is 3. The molecule has 35 heavy (non-hydrogen) atoms. The maximum absolute atomic E-state index is 12.8. The van der Waals surface area contributed by atoms with Gasteiger partial charge in [0, 0.05) is 18.2 Å². The molecular weight excluding hydrogens is 468 g/mol. The van der Waals surface area contributed by atoms with Crippen LogP contribution in [0.4, 0.5) is 4.79 Å². The fourth-order valence-corrected chi connectivity index (χ4v) is 6.66. The van der Waals surface area contributed by atoms with Crippen LogP contribution in [0.1, 0.15) is 36.3 Å². The lowest BCUT2D eigenvalue weighted by Crippen LogP contribution is -2.48. The van der Waals surface area contributed by atoms with Crippen molar-refractivity contribution in [3.63, 3.8) is 0 Å². The summed E-state index contributed by atoms with van der Waals surface area (Å²) in [4.78, 5) is 38.2. The predicted molar refractivity (Wildman–Crippen MR) is 131 cm³/mol. The Hall–Kier alpha value is -3.04. The SMILES string of the molecule is O=C(NCC(O)CC(=O)N1C(C(=O)O)CSC1C1CC1)OCC1c2ccccc2-c2ccccc21. The van der Waals surface area contributed by atoms with Crippen molar-refractivity contribution in [3.05, 3.63) is 59.7 Å². The number of hydrogen-bond donors (Lipinski definition) is 3. The zero-order valence-electron chi connectivity index (χ0n) is 19.1. The lowest BCUT2D eigenvalue weighted by atomic mass is 9.98. The van der Waals surface area contributed by atoms with Gasteiger partial charge in [0.15, 0.2) is 0 Å². The standard InChI is InChI=1S/C26H28N2O6S/c29-16(11-23(30)28-22(25(31)32)14-35-24(28)15-9-10-15)12-27-26(33)34-13-21-19-7-3-1-5-17(19)18-6-2-4-8-20(18)21/h1-8,15-16,21-22,24,29H,9-14H2,(H,27,33)(H,31,32). The molecular formula is C26H28N2O6S. The summed E-state index contributed by atoms with van der Waals surface area (Å²) < 4.78 is 5.46. The van der Waals surface area contributed by atoms with E-state index in [1.54, 1.807) is 0 Å². The molecule has 3 unspecified atom stereocenters. The maximum atomic E-state index is 12.8. The van der Waals surface area contributed by atoms with E-state index >= 15 is 0 Å². The van der Waals surface area contributed by atoms with Gasteiger partial charge in [0.25, 0.3) is 0 Å². The highest BCUT2D eigenvalue weighted by Crippen LogP contribution is 2.46. The number of aliphatic hydroxyl groups is 1. The monoisotopic (exact) mass is 496 g/mol. The lowest BCUT2D eigenvalue weighted by molar-refractivity contribution is -0.150. The van der Waals surface area contributed by atoms with Gasteiger partial charge in [-0.25, -0.2) is 9.59 Å². The second-order valence-corrected chi connectivity index (χ2v) is 10.4. The molecule has 3 N–H and O–H groups in total. The molecule has 1 saturated carbocycles. The van der Waals surface area contributed by atoms with Crippen LogP contribution < -0.4 is 5.32 Å². The number of thioether (sulfide) groups is 1. The minimum Gasteiger partial charge on any atom is -0.480 e. The number of aliphatic carboxylic acids is 1. The van der Waals surface area contributed by atoms with Crippen LogP contribution in [-0.2, 0) is 14.3 Å². The van der Waals surface area contributed by atoms with E-state index in [0.717, 1.165) is 35.1 Å². The second-order valence-electron chi connectivity index (χ2n) is 9.28. The third kappa shape index (κ3) is 4.88. The van der Waals surface area contributed by atoms with Crippen molar-refractivity contribution < 1.29 is 29.3 Å². The first kappa shape index (κ1) is 23.7. The number of alkyl carbamates (subject to hydrolysis) is 1. The van der Waals surface area contributed by atoms with Crippen molar-refractivity contribution in [3.8, 4) is 11.1 Å². The van der Waals surface area contributed by atoms with Gasteiger partial charge >= 0.3 is 12.1 Å². The number of rotatable bonds is 8. The minimum atomic E-state index is -1.14. The van der Waals surface area contributed by atoms with Crippen LogP contribution in [0.15, 0.2) is 48.5 Å². The zero-order valence-corrected chi connectivity index (χ0v) is 19.9. The molecule has 0 aromatic heterocycles. The van der Waals surface area contributed by atoms with E-state index in [1.165, 1.54) is 16.7 Å². The maximum Gasteiger partial charge on any atom is 0.407 e. The van der Waals surface area contributed by atoms with Gasteiger partial charge in [-0.3, -0.25) is 4.79 Å². The molecule has 1 saturated heterocycles. The minimum absolute atomic E-state index is 0.0698. The molecule has 0 bridgehead atoms. The van der Waals surface area contributed by atoms with Crippen LogP contribution in [0, 0.1) is 5.92 Å². The van der Waals surface area contributed by atoms with Crippen LogP contribution in [0.3, 0.4) is 0 Å². The number of ether oxygens (including phenoxy) is 1. The smallest absolute Gasteiger partial charge is 0.407 e. The van der Waals surface area contributed by atoms with Gasteiger partial charge in [-0.15, -0.1) is 11.8 Å². The van der Waals surface area contributed by atoms with E-state index in [1.807, 2.05) is 36.4 Å². The molecule has 1 heterocycles. The Kier molecular flexibility index (Phi) is 6.71.